The molecule has 0 unspecified atom stereocenters. The van der Waals surface area contributed by atoms with E-state index in [9.17, 15) is 38.4 Å². The summed E-state index contributed by atoms with van der Waals surface area (Å²) in [5.41, 5.74) is 2.93. The van der Waals surface area contributed by atoms with Gasteiger partial charge >= 0.3 is 42.1 Å². The number of ketones is 8. The van der Waals surface area contributed by atoms with Crippen molar-refractivity contribution in [1.29, 1.82) is 0 Å². The molecule has 8 aromatic rings. The Morgan fingerprint density at radius 3 is 0.336 bits per heavy atom. The van der Waals surface area contributed by atoms with Crippen molar-refractivity contribution < 1.29 is 80.5 Å². The van der Waals surface area contributed by atoms with Crippen LogP contribution in [0.25, 0.3) is 33.7 Å². The van der Waals surface area contributed by atoms with Crippen LogP contribution in [0.1, 0.15) is 460 Å². The smallest absolute Gasteiger partial charge is 0.344 e. The van der Waals surface area contributed by atoms with Crippen molar-refractivity contribution in [2.45, 2.75) is 449 Å². The molecule has 0 radical (unpaired) electrons. The summed E-state index contributed by atoms with van der Waals surface area (Å²) in [6.07, 6.45) is 8.14. The first-order valence-electron chi connectivity index (χ1n) is 51.6. The molecule has 8 nitrogen and oxygen atoms in total. The minimum absolute atomic E-state index is 0. The molecule has 0 aromatic heterocycles. The van der Waals surface area contributed by atoms with E-state index in [1.54, 1.807) is 55.4 Å². The molecule has 0 heterocycles. The Morgan fingerprint density at radius 1 is 0.203 bits per heavy atom. The van der Waals surface area contributed by atoms with Gasteiger partial charge in [0, 0.05) is 43.3 Å². The minimum atomic E-state index is -0.139. The van der Waals surface area contributed by atoms with Gasteiger partial charge < -0.3 is 36.4 Å². The third-order valence-corrected chi connectivity index (χ3v) is 19.2. The molecule has 8 aromatic carbocycles. The maximum atomic E-state index is 10.5. The maximum Gasteiger partial charge on any atom is 2.00 e. The zero-order valence-corrected chi connectivity index (χ0v) is 110. The number of carbonyl (C=O) groups excluding carboxylic acids is 8. The third-order valence-electron chi connectivity index (χ3n) is 19.2. The van der Waals surface area contributed by atoms with E-state index in [4.69, 9.17) is 13.2 Å². The van der Waals surface area contributed by atoms with Gasteiger partial charge in [-0.1, -0.05) is 563 Å². The van der Waals surface area contributed by atoms with Gasteiger partial charge in [-0.3, -0.25) is 38.4 Å². The second-order valence-electron chi connectivity index (χ2n) is 44.1. The van der Waals surface area contributed by atoms with Crippen LogP contribution in [-0.4, -0.2) is 46.3 Å². The first-order chi connectivity index (χ1) is 63.6. The van der Waals surface area contributed by atoms with Crippen LogP contribution >= 0.6 is 0 Å². The summed E-state index contributed by atoms with van der Waals surface area (Å²) in [6, 6.07) is 78.4. The van der Waals surface area contributed by atoms with Gasteiger partial charge in [-0.25, -0.2) is 24.3 Å². The summed E-state index contributed by atoms with van der Waals surface area (Å²) in [7, 11) is 0. The van der Waals surface area contributed by atoms with Crippen LogP contribution in [0.4, 0.5) is 0 Å². The predicted octanol–water partition coefficient (Wildman–Crippen LogP) is 42.4. The van der Waals surface area contributed by atoms with E-state index in [1.165, 1.54) is 59.4 Å². The summed E-state index contributed by atoms with van der Waals surface area (Å²) in [4.78, 5) is 83.7. The number of hydrogen-bond acceptors (Lipinski definition) is 8. The van der Waals surface area contributed by atoms with Crippen LogP contribution < -0.4 is 0 Å². The molecular formula is C133H232O8W2. The van der Waals surface area contributed by atoms with Crippen molar-refractivity contribution in [3.05, 3.63) is 255 Å². The summed E-state index contributed by atoms with van der Waals surface area (Å²) >= 11 is 0. The first kappa shape index (κ1) is 181. The first-order valence-corrected chi connectivity index (χ1v) is 51.6. The molecule has 0 aliphatic carbocycles. The molecule has 0 aliphatic rings. The average molecular weight is 2330 g/mol. The standard InChI is InChI=1S/2C10H8.2C8H6.8C6H12O.2C6H6.4C6H14.6C2H6.CH4.2W/c2*1-2-6-10-8-4-3-7-9(10)5-1;2*1-2-8-6-4-3-5-7-8;8*1-5(7)6(2,3)4;2*1-2-4-6-5-3-1;4*1-5-6(2,3)4;6*1-2;;;/h2*1-8H;2*1-6H;8*1-4H3;2*1-6H;4*5H2,1-4H3;6*1-2H3;1H4;;/q;;2*-2;;;;;;;;;;;;;;;;;;;;;;2*+2. The van der Waals surface area contributed by atoms with Crippen LogP contribution in [0.2, 0.25) is 0 Å². The molecule has 824 valence electrons. The van der Waals surface area contributed by atoms with Crippen LogP contribution in [0.15, 0.2) is 218 Å². The van der Waals surface area contributed by atoms with Crippen molar-refractivity contribution in [2.24, 2.45) is 65.0 Å². The Kier molecular flexibility index (Phi) is 134. The Labute approximate surface area is 921 Å². The van der Waals surface area contributed by atoms with E-state index in [0.717, 1.165) is 11.1 Å². The molecule has 0 saturated heterocycles. The molecule has 0 amide bonds. The SMILES string of the molecule is C.CC.CC.CC.CC.CC.CC.CC(=O)C(C)(C)C.CC(=O)C(C)(C)C.CC(=O)C(C)(C)C.CC(=O)C(C)(C)C.CC(=O)C(C)(C)C.CC(=O)C(C)(C)C.CC(=O)C(C)(C)C.CC(=O)C(C)(C)C.CCC(C)(C)C.CCC(C)(C)C.CCC(C)(C)C.CCC(C)(C)C.[CH-]=Cc1[c-]cccc1.[CH-]=Cc1[c-]cccc1.[W+2].[W+2].c1ccc2ccccc2c1.c1ccc2ccccc2c1.c1ccccc1.c1ccccc1. The number of fused-ring (bicyclic) bond motifs is 2. The molecule has 0 saturated carbocycles. The van der Waals surface area contributed by atoms with Crippen LogP contribution in [0.3, 0.4) is 0 Å². The summed E-state index contributed by atoms with van der Waals surface area (Å²) in [6.45, 7) is 129. The molecule has 0 spiro atoms. The van der Waals surface area contributed by atoms with Crippen LogP contribution in [0.5, 0.6) is 0 Å². The molecule has 0 aliphatic heterocycles. The van der Waals surface area contributed by atoms with Crippen LogP contribution in [0, 0.1) is 90.3 Å². The van der Waals surface area contributed by atoms with E-state index in [-0.39, 0.29) is 139 Å². The molecule has 0 N–H and O–H groups in total. The van der Waals surface area contributed by atoms with Gasteiger partial charge in [0.05, 0.1) is 0 Å². The topological polar surface area (TPSA) is 137 Å². The fourth-order valence-electron chi connectivity index (χ4n) is 4.06. The van der Waals surface area contributed by atoms with Gasteiger partial charge in [0.15, 0.2) is 0 Å². The van der Waals surface area contributed by atoms with Crippen molar-refractivity contribution in [3.63, 3.8) is 0 Å². The van der Waals surface area contributed by atoms with Crippen molar-refractivity contribution >= 4 is 80.0 Å². The van der Waals surface area contributed by atoms with Gasteiger partial charge in [0.25, 0.3) is 0 Å². The Hall–Kier alpha value is -7.50. The van der Waals surface area contributed by atoms with Gasteiger partial charge in [-0.05, 0) is 98.6 Å². The number of rotatable bonds is 2. The van der Waals surface area contributed by atoms with E-state index in [0.29, 0.717) is 21.7 Å². The number of carbonyl (C=O) groups is 8. The second kappa shape index (κ2) is 106. The number of benzene rings is 8. The normalized spacial score (nSPS) is 9.76. The van der Waals surface area contributed by atoms with Crippen LogP contribution in [-0.2, 0) is 80.5 Å². The maximum absolute atomic E-state index is 10.5. The third kappa shape index (κ3) is 163. The van der Waals surface area contributed by atoms with Gasteiger partial charge in [0.1, 0.15) is 46.3 Å². The number of hydrogen-bond donors (Lipinski definition) is 0. The van der Waals surface area contributed by atoms with Crippen molar-refractivity contribution in [1.82, 2.24) is 0 Å². The molecule has 0 fully saturated rings. The molecule has 10 heteroatoms. The van der Waals surface area contributed by atoms with Crippen molar-refractivity contribution in [2.75, 3.05) is 0 Å². The second-order valence-corrected chi connectivity index (χ2v) is 44.1. The average Bonchev–Trinajstić information content (AvgIpc) is 0.871. The van der Waals surface area contributed by atoms with E-state index >= 15 is 0 Å². The summed E-state index contributed by atoms with van der Waals surface area (Å²) in [5.74, 6) is 1.94. The van der Waals surface area contributed by atoms with E-state index in [1.807, 2.05) is 371 Å². The Balaban J connectivity index is -0.0000000666. The number of Topliss-reactive ketones (excluding diaryl/α,β-unsaturated/α-hetero) is 8. The summed E-state index contributed by atoms with van der Waals surface area (Å²) in [5, 5.41) is 5.24. The predicted molar refractivity (Wildman–Crippen MR) is 644 cm³/mol. The monoisotopic (exact) mass is 2330 g/mol. The molecule has 0 bridgehead atoms. The fraction of sp³-hybridized carbons (Fsp3) is 0.579. The Bertz CT molecular complexity index is 3430. The fourth-order valence-corrected chi connectivity index (χ4v) is 4.06. The van der Waals surface area contributed by atoms with Crippen molar-refractivity contribution in [3.8, 4) is 0 Å². The summed E-state index contributed by atoms with van der Waals surface area (Å²) < 4.78 is 0. The quantitative estimate of drug-likeness (QED) is 0.156. The molecule has 8 rings (SSSR count). The molecule has 0 atom stereocenters. The van der Waals surface area contributed by atoms with E-state index < -0.39 is 0 Å². The minimum Gasteiger partial charge on any atom is -0.344 e. The van der Waals surface area contributed by atoms with Gasteiger partial charge in [-0.2, -0.15) is 24.3 Å². The Morgan fingerprint density at radius 2 is 0.287 bits per heavy atom. The zero-order chi connectivity index (χ0) is 115. The molecular weight excluding hydrogens is 2090 g/mol. The van der Waals surface area contributed by atoms with E-state index in [2.05, 4.69) is 220 Å². The largest absolute Gasteiger partial charge is 2.00 e. The van der Waals surface area contributed by atoms with Gasteiger partial charge in [-0.15, -0.1) is 12.1 Å². The molecule has 143 heavy (non-hydrogen) atoms. The van der Waals surface area contributed by atoms with Gasteiger partial charge in [0.2, 0.25) is 0 Å². The zero-order valence-electron chi connectivity index (χ0n) is 104.